The van der Waals surface area contributed by atoms with Crippen LogP contribution >= 0.6 is 0 Å². The Morgan fingerprint density at radius 3 is 3.09 bits per heavy atom. The summed E-state index contributed by atoms with van der Waals surface area (Å²) in [5.74, 6) is 1.26. The predicted molar refractivity (Wildman–Crippen MR) is 89.8 cm³/mol. The van der Waals surface area contributed by atoms with E-state index in [9.17, 15) is 0 Å². The average molecular weight is 302 g/mol. The molecule has 2 heterocycles. The van der Waals surface area contributed by atoms with Gasteiger partial charge in [-0.3, -0.25) is 4.98 Å². The van der Waals surface area contributed by atoms with E-state index in [-0.39, 0.29) is 0 Å². The fraction of sp³-hybridized carbons (Fsp3) is 0.263. The first-order chi connectivity index (χ1) is 11.3. The van der Waals surface area contributed by atoms with Gasteiger partial charge in [-0.25, -0.2) is 0 Å². The molecule has 1 fully saturated rings. The third-order valence-electron chi connectivity index (χ3n) is 4.60. The molecule has 0 saturated heterocycles. The van der Waals surface area contributed by atoms with E-state index in [2.05, 4.69) is 27.6 Å². The van der Waals surface area contributed by atoms with Crippen LogP contribution in [-0.2, 0) is 6.54 Å². The van der Waals surface area contributed by atoms with E-state index >= 15 is 0 Å². The standard InChI is InChI=1S/C19H18N4/c20-9-13-4-5-19-17(7-13)18(12-23-19)16-8-14(16)10-21-11-15-3-1-2-6-22-15/h1-7,12,14,16,21,23H,8,10-11H2/t14-,16+/m0/s1. The lowest BCUT2D eigenvalue weighted by molar-refractivity contribution is 0.620. The molecule has 0 radical (unpaired) electrons. The molecule has 1 aliphatic carbocycles. The molecule has 1 aromatic carbocycles. The Kier molecular flexibility index (Phi) is 3.57. The van der Waals surface area contributed by atoms with Crippen LogP contribution in [0.4, 0.5) is 0 Å². The second kappa shape index (κ2) is 5.86. The van der Waals surface area contributed by atoms with Crippen molar-refractivity contribution in [2.75, 3.05) is 6.54 Å². The number of hydrogen-bond acceptors (Lipinski definition) is 3. The lowest BCUT2D eigenvalue weighted by Gasteiger charge is -2.04. The van der Waals surface area contributed by atoms with Crippen molar-refractivity contribution in [1.29, 1.82) is 5.26 Å². The van der Waals surface area contributed by atoms with Crippen molar-refractivity contribution in [1.82, 2.24) is 15.3 Å². The van der Waals surface area contributed by atoms with Crippen molar-refractivity contribution in [2.24, 2.45) is 5.92 Å². The van der Waals surface area contributed by atoms with Crippen molar-refractivity contribution >= 4 is 10.9 Å². The SMILES string of the molecule is N#Cc1ccc2[nH]cc([C@@H]3C[C@H]3CNCc3ccccn3)c2c1. The van der Waals surface area contributed by atoms with Gasteiger partial charge in [0, 0.05) is 29.8 Å². The molecule has 2 N–H and O–H groups in total. The van der Waals surface area contributed by atoms with Crippen LogP contribution in [0.15, 0.2) is 48.8 Å². The van der Waals surface area contributed by atoms with Gasteiger partial charge >= 0.3 is 0 Å². The van der Waals surface area contributed by atoms with Gasteiger partial charge < -0.3 is 10.3 Å². The summed E-state index contributed by atoms with van der Waals surface area (Å²) in [6.07, 6.45) is 5.14. The third kappa shape index (κ3) is 2.84. The summed E-state index contributed by atoms with van der Waals surface area (Å²) in [6, 6.07) is 14.1. The molecule has 4 nitrogen and oxygen atoms in total. The molecule has 114 valence electrons. The molecule has 2 aromatic heterocycles. The monoisotopic (exact) mass is 302 g/mol. The molecule has 0 aliphatic heterocycles. The smallest absolute Gasteiger partial charge is 0.0991 e. The van der Waals surface area contributed by atoms with Gasteiger partial charge in [-0.05, 0) is 60.7 Å². The fourth-order valence-electron chi connectivity index (χ4n) is 3.26. The van der Waals surface area contributed by atoms with E-state index in [1.54, 1.807) is 0 Å². The Bertz CT molecular complexity index is 860. The maximum absolute atomic E-state index is 9.08. The highest BCUT2D eigenvalue weighted by Crippen LogP contribution is 2.49. The maximum atomic E-state index is 9.08. The highest BCUT2D eigenvalue weighted by Gasteiger charge is 2.39. The highest BCUT2D eigenvalue weighted by atomic mass is 14.9. The normalized spacial score (nSPS) is 19.6. The zero-order chi connectivity index (χ0) is 15.6. The van der Waals surface area contributed by atoms with E-state index in [1.807, 2.05) is 42.6 Å². The van der Waals surface area contributed by atoms with Crippen LogP contribution in [0.1, 0.15) is 29.2 Å². The van der Waals surface area contributed by atoms with Crippen LogP contribution in [0.5, 0.6) is 0 Å². The number of H-pyrrole nitrogens is 1. The zero-order valence-electron chi connectivity index (χ0n) is 12.8. The first-order valence-electron chi connectivity index (χ1n) is 7.97. The van der Waals surface area contributed by atoms with E-state index in [4.69, 9.17) is 5.26 Å². The number of hydrogen-bond donors (Lipinski definition) is 2. The molecule has 0 spiro atoms. The number of aromatic nitrogens is 2. The van der Waals surface area contributed by atoms with Crippen molar-refractivity contribution in [3.8, 4) is 6.07 Å². The molecule has 2 atom stereocenters. The van der Waals surface area contributed by atoms with Crippen molar-refractivity contribution in [3.63, 3.8) is 0 Å². The largest absolute Gasteiger partial charge is 0.361 e. The number of benzene rings is 1. The van der Waals surface area contributed by atoms with Crippen LogP contribution in [0.3, 0.4) is 0 Å². The summed E-state index contributed by atoms with van der Waals surface area (Å²) in [5.41, 5.74) is 4.27. The molecule has 3 aromatic rings. The third-order valence-corrected chi connectivity index (χ3v) is 4.60. The van der Waals surface area contributed by atoms with Gasteiger partial charge in [-0.15, -0.1) is 0 Å². The number of fused-ring (bicyclic) bond motifs is 1. The molecular formula is C19H18N4. The number of rotatable bonds is 5. The lowest BCUT2D eigenvalue weighted by atomic mass is 10.1. The van der Waals surface area contributed by atoms with E-state index in [0.717, 1.165) is 29.9 Å². The minimum atomic E-state index is 0.592. The molecule has 1 saturated carbocycles. The van der Waals surface area contributed by atoms with E-state index < -0.39 is 0 Å². The van der Waals surface area contributed by atoms with Crippen LogP contribution < -0.4 is 5.32 Å². The molecule has 0 amide bonds. The van der Waals surface area contributed by atoms with Crippen LogP contribution in [0.25, 0.3) is 10.9 Å². The highest BCUT2D eigenvalue weighted by molar-refractivity contribution is 5.85. The van der Waals surface area contributed by atoms with Crippen LogP contribution in [0, 0.1) is 17.2 Å². The van der Waals surface area contributed by atoms with Crippen LogP contribution in [0.2, 0.25) is 0 Å². The van der Waals surface area contributed by atoms with Gasteiger partial charge in [-0.1, -0.05) is 6.07 Å². The number of nitrogens with one attached hydrogen (secondary N) is 2. The first-order valence-corrected chi connectivity index (χ1v) is 7.97. The van der Waals surface area contributed by atoms with Gasteiger partial charge in [0.1, 0.15) is 0 Å². The number of aromatic amines is 1. The first kappa shape index (κ1) is 14.0. The lowest BCUT2D eigenvalue weighted by Crippen LogP contribution is -2.17. The molecule has 4 heteroatoms. The molecule has 4 rings (SSSR count). The quantitative estimate of drug-likeness (QED) is 0.760. The van der Waals surface area contributed by atoms with Crippen molar-refractivity contribution < 1.29 is 0 Å². The van der Waals surface area contributed by atoms with Gasteiger partial charge in [-0.2, -0.15) is 5.26 Å². The van der Waals surface area contributed by atoms with Crippen molar-refractivity contribution in [2.45, 2.75) is 18.9 Å². The summed E-state index contributed by atoms with van der Waals surface area (Å²) < 4.78 is 0. The molecule has 1 aliphatic rings. The van der Waals surface area contributed by atoms with Gasteiger partial charge in [0.05, 0.1) is 17.3 Å². The van der Waals surface area contributed by atoms with E-state index in [0.29, 0.717) is 11.8 Å². The summed E-state index contributed by atoms with van der Waals surface area (Å²) >= 11 is 0. The summed E-state index contributed by atoms with van der Waals surface area (Å²) in [7, 11) is 0. The Hall–Kier alpha value is -2.64. The summed E-state index contributed by atoms with van der Waals surface area (Å²) in [5, 5.41) is 13.8. The minimum Gasteiger partial charge on any atom is -0.361 e. The number of nitriles is 1. The minimum absolute atomic E-state index is 0.592. The van der Waals surface area contributed by atoms with Crippen LogP contribution in [-0.4, -0.2) is 16.5 Å². The van der Waals surface area contributed by atoms with Crippen molar-refractivity contribution in [3.05, 3.63) is 65.6 Å². The molecule has 0 bridgehead atoms. The predicted octanol–water partition coefficient (Wildman–Crippen LogP) is 3.33. The average Bonchev–Trinajstić information content (AvgIpc) is 3.24. The molecule has 0 unspecified atom stereocenters. The topological polar surface area (TPSA) is 64.5 Å². The fourth-order valence-corrected chi connectivity index (χ4v) is 3.26. The Balaban J connectivity index is 1.40. The second-order valence-corrected chi connectivity index (χ2v) is 6.17. The number of nitrogens with zero attached hydrogens (tertiary/aromatic N) is 2. The Labute approximate surface area is 135 Å². The van der Waals surface area contributed by atoms with Gasteiger partial charge in [0.2, 0.25) is 0 Å². The van der Waals surface area contributed by atoms with E-state index in [1.165, 1.54) is 17.4 Å². The number of pyridine rings is 1. The second-order valence-electron chi connectivity index (χ2n) is 6.17. The molecule has 23 heavy (non-hydrogen) atoms. The zero-order valence-corrected chi connectivity index (χ0v) is 12.8. The summed E-state index contributed by atoms with van der Waals surface area (Å²) in [6.45, 7) is 1.82. The molecular weight excluding hydrogens is 284 g/mol. The van der Waals surface area contributed by atoms with Gasteiger partial charge in [0.25, 0.3) is 0 Å². The Morgan fingerprint density at radius 2 is 2.26 bits per heavy atom. The Morgan fingerprint density at radius 1 is 1.30 bits per heavy atom. The van der Waals surface area contributed by atoms with Gasteiger partial charge in [0.15, 0.2) is 0 Å². The maximum Gasteiger partial charge on any atom is 0.0991 e. The summed E-state index contributed by atoms with van der Waals surface area (Å²) in [4.78, 5) is 7.65.